The fourth-order valence-corrected chi connectivity index (χ4v) is 4.09. The molecule has 3 aromatic heterocycles. The van der Waals surface area contributed by atoms with Crippen molar-refractivity contribution in [2.75, 3.05) is 51.2 Å². The Hall–Kier alpha value is -4.49. The number of halogens is 2. The van der Waals surface area contributed by atoms with Gasteiger partial charge in [-0.15, -0.1) is 0 Å². The lowest BCUT2D eigenvalue weighted by molar-refractivity contribution is 0.0342. The first kappa shape index (κ1) is 26.1. The molecule has 0 bridgehead atoms. The zero-order valence-electron chi connectivity index (χ0n) is 21.3. The molecule has 1 saturated heterocycles. The van der Waals surface area contributed by atoms with E-state index in [2.05, 4.69) is 40.5 Å². The van der Waals surface area contributed by atoms with Gasteiger partial charge in [-0.1, -0.05) is 0 Å². The molecule has 0 saturated carbocycles. The topological polar surface area (TPSA) is 119 Å². The molecular weight excluding hydrogens is 510 g/mol. The van der Waals surface area contributed by atoms with Crippen LogP contribution in [0.2, 0.25) is 0 Å². The van der Waals surface area contributed by atoms with E-state index in [0.29, 0.717) is 22.9 Å². The Morgan fingerprint density at radius 1 is 0.897 bits per heavy atom. The highest BCUT2D eigenvalue weighted by atomic mass is 19.1. The summed E-state index contributed by atoms with van der Waals surface area (Å²) in [6, 6.07) is 6.72. The average molecular weight is 537 g/mol. The quantitative estimate of drug-likeness (QED) is 0.324. The van der Waals surface area contributed by atoms with Gasteiger partial charge in [0.05, 0.1) is 38.7 Å². The first-order valence-corrected chi connectivity index (χ1v) is 12.1. The van der Waals surface area contributed by atoms with Crippen molar-refractivity contribution in [1.82, 2.24) is 29.8 Å². The van der Waals surface area contributed by atoms with E-state index in [0.717, 1.165) is 44.5 Å². The van der Waals surface area contributed by atoms with Crippen LogP contribution in [0.25, 0.3) is 11.3 Å². The number of hydrogen-bond donors (Lipinski definition) is 2. The highest BCUT2D eigenvalue weighted by Gasteiger charge is 2.22. The Morgan fingerprint density at radius 2 is 1.64 bits per heavy atom. The van der Waals surface area contributed by atoms with Gasteiger partial charge in [-0.2, -0.15) is 0 Å². The number of morpholine rings is 1. The molecule has 1 aliphatic heterocycles. The third-order valence-electron chi connectivity index (χ3n) is 6.06. The number of methoxy groups -OCH3 is 2. The van der Waals surface area contributed by atoms with Crippen molar-refractivity contribution in [1.29, 1.82) is 0 Å². The van der Waals surface area contributed by atoms with Crippen LogP contribution in [0.5, 0.6) is 11.5 Å². The minimum absolute atomic E-state index is 0.119. The van der Waals surface area contributed by atoms with E-state index in [1.54, 1.807) is 12.3 Å². The van der Waals surface area contributed by atoms with Gasteiger partial charge in [0, 0.05) is 44.2 Å². The zero-order chi connectivity index (χ0) is 27.2. The smallest absolute Gasteiger partial charge is 0.191 e. The lowest BCUT2D eigenvalue weighted by Gasteiger charge is -2.26. The van der Waals surface area contributed by atoms with E-state index >= 15 is 0 Å². The van der Waals surface area contributed by atoms with Crippen LogP contribution in [-0.4, -0.2) is 70.3 Å². The van der Waals surface area contributed by atoms with Crippen molar-refractivity contribution in [3.05, 3.63) is 66.5 Å². The molecular formula is C26H26F2N8O3. The Bertz CT molecular complexity index is 1420. The molecule has 0 radical (unpaired) electrons. The van der Waals surface area contributed by atoms with Crippen molar-refractivity contribution in [3.8, 4) is 22.8 Å². The summed E-state index contributed by atoms with van der Waals surface area (Å²) in [5.74, 6) is -1.06. The van der Waals surface area contributed by atoms with E-state index in [1.807, 2.05) is 12.1 Å². The van der Waals surface area contributed by atoms with Crippen LogP contribution >= 0.6 is 0 Å². The van der Waals surface area contributed by atoms with Crippen molar-refractivity contribution in [2.45, 2.75) is 6.54 Å². The molecule has 5 rings (SSSR count). The monoisotopic (exact) mass is 536 g/mol. The van der Waals surface area contributed by atoms with Gasteiger partial charge in [-0.25, -0.2) is 33.7 Å². The van der Waals surface area contributed by atoms with Gasteiger partial charge in [0.25, 0.3) is 0 Å². The Morgan fingerprint density at radius 3 is 2.38 bits per heavy atom. The molecule has 1 aromatic carbocycles. The minimum Gasteiger partial charge on any atom is -0.493 e. The fraction of sp³-hybridized carbons (Fsp3) is 0.269. The SMILES string of the molecule is COc1cc(OC)c(F)c(Nc2ncncc2-c2cc(Nc3cc(CN4CCOCC4)ccn3)ncn2)c1F. The first-order valence-electron chi connectivity index (χ1n) is 12.1. The highest BCUT2D eigenvalue weighted by molar-refractivity contribution is 5.78. The average Bonchev–Trinajstić information content (AvgIpc) is 2.96. The summed E-state index contributed by atoms with van der Waals surface area (Å²) in [5.41, 5.74) is 1.41. The maximum Gasteiger partial charge on any atom is 0.191 e. The van der Waals surface area contributed by atoms with Gasteiger partial charge in [0.2, 0.25) is 0 Å². The summed E-state index contributed by atoms with van der Waals surface area (Å²) in [4.78, 5) is 23.6. The maximum absolute atomic E-state index is 15.0. The maximum atomic E-state index is 15.0. The number of nitrogens with zero attached hydrogens (tertiary/aromatic N) is 6. The van der Waals surface area contributed by atoms with Crippen molar-refractivity contribution in [2.24, 2.45) is 0 Å². The molecule has 0 aliphatic carbocycles. The Kier molecular flexibility index (Phi) is 7.99. The van der Waals surface area contributed by atoms with Crippen LogP contribution in [0.3, 0.4) is 0 Å². The molecule has 0 atom stereocenters. The lowest BCUT2D eigenvalue weighted by Crippen LogP contribution is -2.35. The van der Waals surface area contributed by atoms with E-state index in [4.69, 9.17) is 14.2 Å². The van der Waals surface area contributed by atoms with Crippen LogP contribution < -0.4 is 20.1 Å². The van der Waals surface area contributed by atoms with Crippen LogP contribution in [-0.2, 0) is 11.3 Å². The van der Waals surface area contributed by atoms with Gasteiger partial charge in [0.1, 0.15) is 35.8 Å². The summed E-state index contributed by atoms with van der Waals surface area (Å²) in [6.45, 7) is 4.00. The number of anilines is 4. The standard InChI is InChI=1S/C26H26F2N8O3/c1-37-19-11-20(38-2)24(28)25(23(19)27)35-26-17(12-29-14-33-26)18-10-22(32-15-31-18)34-21-9-16(3-4-30-21)13-36-5-7-39-8-6-36/h3-4,9-12,14-15H,5-8,13H2,1-2H3,(H,29,33,35)(H,30,31,32,34). The van der Waals surface area contributed by atoms with E-state index < -0.39 is 17.3 Å². The molecule has 11 nitrogen and oxygen atoms in total. The Labute approximate surface area is 223 Å². The number of rotatable bonds is 9. The number of hydrogen-bond acceptors (Lipinski definition) is 11. The summed E-state index contributed by atoms with van der Waals surface area (Å²) >= 11 is 0. The molecule has 0 unspecified atom stereocenters. The molecule has 4 aromatic rings. The number of benzene rings is 1. The summed E-state index contributed by atoms with van der Waals surface area (Å²) in [6.07, 6.45) is 5.83. The third-order valence-corrected chi connectivity index (χ3v) is 6.06. The molecule has 39 heavy (non-hydrogen) atoms. The molecule has 0 amide bonds. The largest absolute Gasteiger partial charge is 0.493 e. The van der Waals surface area contributed by atoms with Gasteiger partial charge in [0.15, 0.2) is 23.1 Å². The van der Waals surface area contributed by atoms with Gasteiger partial charge in [-0.3, -0.25) is 4.90 Å². The van der Waals surface area contributed by atoms with Gasteiger partial charge in [-0.05, 0) is 17.7 Å². The molecule has 2 N–H and O–H groups in total. The second kappa shape index (κ2) is 11.9. The lowest BCUT2D eigenvalue weighted by atomic mass is 10.2. The molecule has 13 heteroatoms. The first-order chi connectivity index (χ1) is 19.1. The van der Waals surface area contributed by atoms with Crippen molar-refractivity contribution >= 4 is 23.1 Å². The van der Waals surface area contributed by atoms with Gasteiger partial charge >= 0.3 is 0 Å². The minimum atomic E-state index is -0.937. The van der Waals surface area contributed by atoms with Gasteiger partial charge < -0.3 is 24.8 Å². The van der Waals surface area contributed by atoms with Crippen LogP contribution in [0, 0.1) is 11.6 Å². The number of nitrogens with one attached hydrogen (secondary N) is 2. The van der Waals surface area contributed by atoms with E-state index in [-0.39, 0.29) is 17.3 Å². The zero-order valence-corrected chi connectivity index (χ0v) is 21.3. The predicted molar refractivity (Wildman–Crippen MR) is 139 cm³/mol. The molecule has 1 fully saturated rings. The number of aromatic nitrogens is 5. The fourth-order valence-electron chi connectivity index (χ4n) is 4.09. The van der Waals surface area contributed by atoms with Crippen LogP contribution in [0.15, 0.2) is 49.3 Å². The van der Waals surface area contributed by atoms with E-state index in [1.165, 1.54) is 33.1 Å². The second-order valence-corrected chi connectivity index (χ2v) is 8.55. The number of ether oxygens (including phenoxy) is 3. The molecule has 1 aliphatic rings. The normalized spacial score (nSPS) is 13.6. The summed E-state index contributed by atoms with van der Waals surface area (Å²) in [7, 11) is 2.55. The van der Waals surface area contributed by atoms with Crippen molar-refractivity contribution in [3.63, 3.8) is 0 Å². The van der Waals surface area contributed by atoms with Crippen molar-refractivity contribution < 1.29 is 23.0 Å². The van der Waals surface area contributed by atoms with E-state index in [9.17, 15) is 8.78 Å². The summed E-state index contributed by atoms with van der Waals surface area (Å²) < 4.78 is 45.4. The molecule has 202 valence electrons. The number of pyridine rings is 1. The summed E-state index contributed by atoms with van der Waals surface area (Å²) in [5, 5.41) is 5.89. The second-order valence-electron chi connectivity index (χ2n) is 8.55. The van der Waals surface area contributed by atoms with Crippen LogP contribution in [0.4, 0.5) is 31.9 Å². The molecule has 4 heterocycles. The predicted octanol–water partition coefficient (Wildman–Crippen LogP) is 3.94. The Balaban J connectivity index is 1.40. The highest BCUT2D eigenvalue weighted by Crippen LogP contribution is 2.37. The third kappa shape index (κ3) is 5.99. The van der Waals surface area contributed by atoms with Crippen LogP contribution in [0.1, 0.15) is 5.56 Å². The molecule has 0 spiro atoms.